The molecule has 1 aromatic heterocycles. The van der Waals surface area contributed by atoms with Crippen molar-refractivity contribution in [1.82, 2.24) is 15.6 Å². The van der Waals surface area contributed by atoms with Gasteiger partial charge < -0.3 is 25.8 Å². The number of hydrogen-bond donors (Lipinski definition) is 5. The van der Waals surface area contributed by atoms with Gasteiger partial charge in [0.1, 0.15) is 11.7 Å². The van der Waals surface area contributed by atoms with Crippen LogP contribution in [0.25, 0.3) is 11.3 Å². The van der Waals surface area contributed by atoms with Gasteiger partial charge in [-0.05, 0) is 44.2 Å². The highest BCUT2D eigenvalue weighted by Crippen LogP contribution is 2.46. The highest BCUT2D eigenvalue weighted by molar-refractivity contribution is 6.46. The van der Waals surface area contributed by atoms with Crippen molar-refractivity contribution in [3.8, 4) is 11.3 Å². The summed E-state index contributed by atoms with van der Waals surface area (Å²) in [6.07, 6.45) is 14.0. The number of benzene rings is 1. The van der Waals surface area contributed by atoms with E-state index < -0.39 is 42.4 Å². The standard InChI is InChI=1S/C36H56BN3O5/c1-27(2)26-32(36(37(44)45)24-17-12-10-8-6-4-5-7-9-11-13-18-25-36)39-35(43)33(28(3)41)40-34(42)31-23-19-22-30(38-31)29-20-15-14-16-21-29/h14-16,19-23,27-28,32-33,41,44-45H,4-13,17-18,24-26H2,1-3H3,(H,39,43)(H,40,42)/t28-,32+,33?/m1/s1. The predicted octanol–water partition coefficient (Wildman–Crippen LogP) is 6.45. The molecule has 1 aromatic carbocycles. The van der Waals surface area contributed by atoms with Crippen molar-refractivity contribution < 1.29 is 24.7 Å². The number of aromatic nitrogens is 1. The van der Waals surface area contributed by atoms with Gasteiger partial charge in [-0.2, -0.15) is 0 Å². The third kappa shape index (κ3) is 11.5. The average molecular weight is 622 g/mol. The number of aliphatic hydroxyl groups is 1. The molecule has 3 atom stereocenters. The molecule has 1 aliphatic rings. The second-order valence-electron chi connectivity index (χ2n) is 13.5. The number of rotatable bonds is 10. The Morgan fingerprint density at radius 3 is 1.80 bits per heavy atom. The van der Waals surface area contributed by atoms with Gasteiger partial charge in [0, 0.05) is 16.9 Å². The molecule has 0 radical (unpaired) electrons. The summed E-state index contributed by atoms with van der Waals surface area (Å²) in [5, 5.41) is 37.6. The first-order valence-corrected chi connectivity index (χ1v) is 17.3. The summed E-state index contributed by atoms with van der Waals surface area (Å²) in [6.45, 7) is 5.58. The van der Waals surface area contributed by atoms with Crippen molar-refractivity contribution in [3.63, 3.8) is 0 Å². The van der Waals surface area contributed by atoms with Gasteiger partial charge in [0.2, 0.25) is 5.91 Å². The summed E-state index contributed by atoms with van der Waals surface area (Å²) in [5.41, 5.74) is 1.62. The molecule has 1 aliphatic carbocycles. The molecule has 1 unspecified atom stereocenters. The van der Waals surface area contributed by atoms with Crippen molar-refractivity contribution in [1.29, 1.82) is 0 Å². The van der Waals surface area contributed by atoms with Crippen LogP contribution < -0.4 is 10.6 Å². The quantitative estimate of drug-likeness (QED) is 0.194. The lowest BCUT2D eigenvalue weighted by atomic mass is 9.48. The first-order valence-electron chi connectivity index (χ1n) is 17.3. The van der Waals surface area contributed by atoms with E-state index in [-0.39, 0.29) is 11.6 Å². The molecule has 1 saturated carbocycles. The minimum absolute atomic E-state index is 0.137. The van der Waals surface area contributed by atoms with Gasteiger partial charge >= 0.3 is 7.12 Å². The molecular weight excluding hydrogens is 565 g/mol. The van der Waals surface area contributed by atoms with E-state index in [1.807, 2.05) is 36.4 Å². The van der Waals surface area contributed by atoms with Gasteiger partial charge in [-0.3, -0.25) is 9.59 Å². The SMILES string of the molecule is CC(C)C[C@H](NC(=O)C(NC(=O)c1cccc(-c2ccccc2)n1)[C@@H](C)O)C1(B(O)O)CCCCCCCCCCCCCC1. The topological polar surface area (TPSA) is 132 Å². The number of carbonyl (C=O) groups excluding carboxylic acids is 2. The summed E-state index contributed by atoms with van der Waals surface area (Å²) in [5.74, 6) is -0.939. The van der Waals surface area contributed by atoms with Gasteiger partial charge in [-0.25, -0.2) is 4.98 Å². The summed E-state index contributed by atoms with van der Waals surface area (Å²) >= 11 is 0. The molecule has 1 heterocycles. The van der Waals surface area contributed by atoms with Crippen LogP contribution in [0.2, 0.25) is 5.31 Å². The van der Waals surface area contributed by atoms with Crippen LogP contribution in [0.5, 0.6) is 0 Å². The largest absolute Gasteiger partial charge is 0.460 e. The lowest BCUT2D eigenvalue weighted by molar-refractivity contribution is -0.126. The lowest BCUT2D eigenvalue weighted by Crippen LogP contribution is -2.58. The smallest absolute Gasteiger partial charge is 0.427 e. The predicted molar refractivity (Wildman–Crippen MR) is 182 cm³/mol. The molecule has 0 aliphatic heterocycles. The Morgan fingerprint density at radius 2 is 1.31 bits per heavy atom. The van der Waals surface area contributed by atoms with Crippen LogP contribution in [-0.2, 0) is 4.79 Å². The fraction of sp³-hybridized carbons (Fsp3) is 0.639. The molecule has 8 nitrogen and oxygen atoms in total. The van der Waals surface area contributed by atoms with Gasteiger partial charge in [0.05, 0.1) is 11.8 Å². The Balaban J connectivity index is 1.82. The van der Waals surface area contributed by atoms with Crippen molar-refractivity contribution in [2.75, 3.05) is 0 Å². The Morgan fingerprint density at radius 1 is 0.778 bits per heavy atom. The van der Waals surface area contributed by atoms with Gasteiger partial charge in [0.15, 0.2) is 0 Å². The number of amides is 2. The molecular formula is C36H56BN3O5. The molecule has 1 fully saturated rings. The Labute approximate surface area is 271 Å². The Bertz CT molecular complexity index is 1140. The molecule has 2 aromatic rings. The molecule has 0 saturated heterocycles. The summed E-state index contributed by atoms with van der Waals surface area (Å²) < 4.78 is 0. The van der Waals surface area contributed by atoms with Crippen LogP contribution >= 0.6 is 0 Å². The van der Waals surface area contributed by atoms with Crippen LogP contribution in [0.4, 0.5) is 0 Å². The van der Waals surface area contributed by atoms with E-state index in [2.05, 4.69) is 29.5 Å². The number of nitrogens with one attached hydrogen (secondary N) is 2. The van der Waals surface area contributed by atoms with E-state index in [4.69, 9.17) is 0 Å². The maximum absolute atomic E-state index is 13.9. The number of pyridine rings is 1. The Kier molecular flexibility index (Phi) is 15.5. The third-order valence-corrected chi connectivity index (χ3v) is 9.37. The first kappa shape index (κ1) is 36.7. The zero-order valence-electron chi connectivity index (χ0n) is 27.7. The average Bonchev–Trinajstić information content (AvgIpc) is 3.03. The van der Waals surface area contributed by atoms with E-state index >= 15 is 0 Å². The number of aliphatic hydroxyl groups excluding tert-OH is 1. The maximum atomic E-state index is 13.9. The monoisotopic (exact) mass is 621 g/mol. The van der Waals surface area contributed by atoms with Crippen molar-refractivity contribution in [3.05, 3.63) is 54.2 Å². The molecule has 45 heavy (non-hydrogen) atoms. The molecule has 2 amide bonds. The normalized spacial score (nSPS) is 18.9. The van der Waals surface area contributed by atoms with Crippen LogP contribution in [0.1, 0.15) is 128 Å². The van der Waals surface area contributed by atoms with E-state index in [9.17, 15) is 24.7 Å². The number of carbonyl (C=O) groups is 2. The Hall–Kier alpha value is -2.75. The zero-order chi connectivity index (χ0) is 32.7. The fourth-order valence-electron chi connectivity index (χ4n) is 6.71. The molecule has 0 bridgehead atoms. The lowest BCUT2D eigenvalue weighted by Gasteiger charge is -2.42. The van der Waals surface area contributed by atoms with Crippen LogP contribution in [-0.4, -0.2) is 57.3 Å². The number of hydrogen-bond acceptors (Lipinski definition) is 6. The van der Waals surface area contributed by atoms with Gasteiger partial charge in [-0.15, -0.1) is 0 Å². The fourth-order valence-corrected chi connectivity index (χ4v) is 6.71. The van der Waals surface area contributed by atoms with Crippen molar-refractivity contribution >= 4 is 18.9 Å². The van der Waals surface area contributed by atoms with Crippen LogP contribution in [0.15, 0.2) is 48.5 Å². The van der Waals surface area contributed by atoms with E-state index in [1.165, 1.54) is 45.4 Å². The third-order valence-electron chi connectivity index (χ3n) is 9.37. The maximum Gasteiger partial charge on any atom is 0.460 e. The van der Waals surface area contributed by atoms with E-state index in [0.29, 0.717) is 25.0 Å². The summed E-state index contributed by atoms with van der Waals surface area (Å²) in [6, 6.07) is 12.9. The molecule has 248 valence electrons. The molecule has 3 rings (SSSR count). The second kappa shape index (κ2) is 19.0. The molecule has 9 heteroatoms. The number of nitrogens with zero attached hydrogens (tertiary/aromatic N) is 1. The van der Waals surface area contributed by atoms with Crippen LogP contribution in [0.3, 0.4) is 0 Å². The van der Waals surface area contributed by atoms with Gasteiger partial charge in [0.25, 0.3) is 5.91 Å². The minimum Gasteiger partial charge on any atom is -0.427 e. The van der Waals surface area contributed by atoms with Crippen molar-refractivity contribution in [2.24, 2.45) is 5.92 Å². The van der Waals surface area contributed by atoms with Crippen molar-refractivity contribution in [2.45, 2.75) is 141 Å². The zero-order valence-corrected chi connectivity index (χ0v) is 27.7. The van der Waals surface area contributed by atoms with E-state index in [0.717, 1.165) is 44.1 Å². The van der Waals surface area contributed by atoms with Crippen LogP contribution in [0, 0.1) is 5.92 Å². The summed E-state index contributed by atoms with van der Waals surface area (Å²) in [7, 11) is -1.61. The minimum atomic E-state index is -1.61. The molecule has 0 spiro atoms. The highest BCUT2D eigenvalue weighted by Gasteiger charge is 2.48. The summed E-state index contributed by atoms with van der Waals surface area (Å²) in [4.78, 5) is 31.7. The van der Waals surface area contributed by atoms with Gasteiger partial charge in [-0.1, -0.05) is 127 Å². The second-order valence-corrected chi connectivity index (χ2v) is 13.5. The highest BCUT2D eigenvalue weighted by atomic mass is 16.4. The first-order chi connectivity index (χ1) is 21.6. The van der Waals surface area contributed by atoms with E-state index in [1.54, 1.807) is 12.1 Å². The molecule has 5 N–H and O–H groups in total.